The predicted octanol–water partition coefficient (Wildman–Crippen LogP) is 3.81. The molecule has 0 aliphatic carbocycles. The smallest absolute Gasteiger partial charge is 0.260 e. The number of nitrogens with one attached hydrogen (secondary N) is 1. The van der Waals surface area contributed by atoms with Crippen LogP contribution in [-0.4, -0.2) is 41.7 Å². The standard InChI is InChI=1S/C24H27FN2O3/c1-15(2)27(9-3-11-28)10-8-16-4-6-19-17(12-16)14-30-23(19)22-20-13-18(25)5-7-21(20)26-24(22)29/h4-7,12-13,15,28H,3,8-11,14H2,1-2H3,(H,26,29). The minimum absolute atomic E-state index is 0.206. The number of ether oxygens (including phenoxy) is 1. The summed E-state index contributed by atoms with van der Waals surface area (Å²) in [4.78, 5) is 14.9. The lowest BCUT2D eigenvalue weighted by molar-refractivity contribution is -0.110. The van der Waals surface area contributed by atoms with E-state index in [2.05, 4.69) is 36.2 Å². The molecule has 2 aromatic rings. The number of rotatable bonds is 7. The van der Waals surface area contributed by atoms with Gasteiger partial charge in [-0.1, -0.05) is 18.2 Å². The van der Waals surface area contributed by atoms with E-state index in [1.165, 1.54) is 17.7 Å². The van der Waals surface area contributed by atoms with Gasteiger partial charge in [-0.15, -0.1) is 0 Å². The third-order valence-electron chi connectivity index (χ3n) is 5.76. The van der Waals surface area contributed by atoms with Crippen LogP contribution >= 0.6 is 0 Å². The summed E-state index contributed by atoms with van der Waals surface area (Å²) in [6.45, 7) is 6.74. The molecule has 158 valence electrons. The van der Waals surface area contributed by atoms with Crippen LogP contribution in [-0.2, 0) is 22.6 Å². The van der Waals surface area contributed by atoms with Crippen LogP contribution in [0.15, 0.2) is 36.4 Å². The number of anilines is 1. The van der Waals surface area contributed by atoms with Crippen molar-refractivity contribution < 1.29 is 19.0 Å². The number of fused-ring (bicyclic) bond motifs is 2. The van der Waals surface area contributed by atoms with Crippen molar-refractivity contribution in [2.24, 2.45) is 0 Å². The molecular formula is C24H27FN2O3. The SMILES string of the molecule is CC(C)N(CCCO)CCc1ccc2c(c1)COC2=C1C(=O)Nc2ccc(F)cc21. The molecule has 0 unspecified atom stereocenters. The van der Waals surface area contributed by atoms with Gasteiger partial charge in [0.15, 0.2) is 0 Å². The second kappa shape index (κ2) is 8.58. The second-order valence-electron chi connectivity index (χ2n) is 8.09. The lowest BCUT2D eigenvalue weighted by atomic mass is 9.98. The highest BCUT2D eigenvalue weighted by atomic mass is 19.1. The van der Waals surface area contributed by atoms with E-state index in [1.807, 2.05) is 6.07 Å². The molecule has 0 bridgehead atoms. The summed E-state index contributed by atoms with van der Waals surface area (Å²) in [5, 5.41) is 11.9. The van der Waals surface area contributed by atoms with Gasteiger partial charge in [0.2, 0.25) is 0 Å². The van der Waals surface area contributed by atoms with Crippen molar-refractivity contribution in [2.75, 3.05) is 25.0 Å². The Balaban J connectivity index is 1.57. The van der Waals surface area contributed by atoms with Gasteiger partial charge in [-0.3, -0.25) is 4.79 Å². The fourth-order valence-corrected chi connectivity index (χ4v) is 4.12. The number of carbonyl (C=O) groups excluding carboxylic acids is 1. The van der Waals surface area contributed by atoms with Gasteiger partial charge < -0.3 is 20.1 Å². The molecule has 2 aliphatic rings. The van der Waals surface area contributed by atoms with Crippen LogP contribution in [0.1, 0.15) is 42.5 Å². The summed E-state index contributed by atoms with van der Waals surface area (Å²) in [5.74, 6) is -0.128. The Morgan fingerprint density at radius 3 is 2.77 bits per heavy atom. The molecule has 0 saturated carbocycles. The molecule has 0 saturated heterocycles. The Hall–Kier alpha value is -2.70. The molecule has 2 heterocycles. The topological polar surface area (TPSA) is 61.8 Å². The first-order chi connectivity index (χ1) is 14.5. The zero-order chi connectivity index (χ0) is 21.3. The van der Waals surface area contributed by atoms with E-state index in [0.717, 1.165) is 37.1 Å². The molecule has 2 aromatic carbocycles. The molecule has 0 aromatic heterocycles. The number of halogens is 1. The summed E-state index contributed by atoms with van der Waals surface area (Å²) in [6.07, 6.45) is 1.68. The molecule has 6 heteroatoms. The van der Waals surface area contributed by atoms with Gasteiger partial charge in [-0.25, -0.2) is 4.39 Å². The van der Waals surface area contributed by atoms with E-state index in [0.29, 0.717) is 35.2 Å². The van der Waals surface area contributed by atoms with Crippen molar-refractivity contribution in [1.29, 1.82) is 0 Å². The van der Waals surface area contributed by atoms with Crippen molar-refractivity contribution in [1.82, 2.24) is 4.90 Å². The Labute approximate surface area is 176 Å². The van der Waals surface area contributed by atoms with Crippen LogP contribution in [0.5, 0.6) is 0 Å². The van der Waals surface area contributed by atoms with E-state index in [1.54, 1.807) is 6.07 Å². The molecule has 0 atom stereocenters. The number of nitrogens with zero attached hydrogens (tertiary/aromatic N) is 1. The summed E-state index contributed by atoms with van der Waals surface area (Å²) in [7, 11) is 0. The van der Waals surface area contributed by atoms with Crippen molar-refractivity contribution >= 4 is 22.9 Å². The van der Waals surface area contributed by atoms with Crippen molar-refractivity contribution in [3.8, 4) is 0 Å². The summed E-state index contributed by atoms with van der Waals surface area (Å²) in [6, 6.07) is 10.9. The van der Waals surface area contributed by atoms with E-state index in [-0.39, 0.29) is 18.3 Å². The van der Waals surface area contributed by atoms with E-state index in [4.69, 9.17) is 9.84 Å². The van der Waals surface area contributed by atoms with Crippen LogP contribution in [0.25, 0.3) is 11.3 Å². The Morgan fingerprint density at radius 1 is 1.17 bits per heavy atom. The normalized spacial score (nSPS) is 17.3. The van der Waals surface area contributed by atoms with Crippen molar-refractivity contribution in [3.05, 3.63) is 64.5 Å². The first kappa shape index (κ1) is 20.6. The second-order valence-corrected chi connectivity index (χ2v) is 8.09. The fraction of sp³-hybridized carbons (Fsp3) is 0.375. The first-order valence-corrected chi connectivity index (χ1v) is 10.4. The maximum Gasteiger partial charge on any atom is 0.260 e. The van der Waals surface area contributed by atoms with E-state index in [9.17, 15) is 9.18 Å². The number of hydrogen-bond acceptors (Lipinski definition) is 4. The lowest BCUT2D eigenvalue weighted by Crippen LogP contribution is -2.34. The van der Waals surface area contributed by atoms with Gasteiger partial charge in [-0.2, -0.15) is 0 Å². The summed E-state index contributed by atoms with van der Waals surface area (Å²) in [5.41, 5.74) is 4.69. The molecule has 2 aliphatic heterocycles. The van der Waals surface area contributed by atoms with Crippen molar-refractivity contribution in [3.63, 3.8) is 0 Å². The molecular weight excluding hydrogens is 383 g/mol. The average molecular weight is 410 g/mol. The van der Waals surface area contributed by atoms with Gasteiger partial charge in [0.05, 0.1) is 5.57 Å². The minimum atomic E-state index is -0.382. The Kier molecular flexibility index (Phi) is 5.88. The zero-order valence-electron chi connectivity index (χ0n) is 17.4. The number of carbonyl (C=O) groups is 1. The minimum Gasteiger partial charge on any atom is -0.487 e. The number of aliphatic hydroxyl groups excluding tert-OH is 1. The fourth-order valence-electron chi connectivity index (χ4n) is 4.12. The average Bonchev–Trinajstić information content (AvgIpc) is 3.26. The van der Waals surface area contributed by atoms with E-state index >= 15 is 0 Å². The highest BCUT2D eigenvalue weighted by Crippen LogP contribution is 2.41. The van der Waals surface area contributed by atoms with Gasteiger partial charge in [-0.05, 0) is 50.5 Å². The third kappa shape index (κ3) is 3.98. The monoisotopic (exact) mass is 410 g/mol. The molecule has 4 rings (SSSR count). The van der Waals surface area contributed by atoms with Gasteiger partial charge >= 0.3 is 0 Å². The van der Waals surface area contributed by atoms with Crippen molar-refractivity contribution in [2.45, 2.75) is 39.3 Å². The Bertz CT molecular complexity index is 1000. The summed E-state index contributed by atoms with van der Waals surface area (Å²) < 4.78 is 19.7. The quantitative estimate of drug-likeness (QED) is 0.682. The van der Waals surface area contributed by atoms with Crippen LogP contribution in [0.4, 0.5) is 10.1 Å². The highest BCUT2D eigenvalue weighted by Gasteiger charge is 2.32. The molecule has 2 N–H and O–H groups in total. The molecule has 5 nitrogen and oxygen atoms in total. The highest BCUT2D eigenvalue weighted by molar-refractivity contribution is 6.36. The predicted molar refractivity (Wildman–Crippen MR) is 115 cm³/mol. The number of amides is 1. The molecule has 0 spiro atoms. The third-order valence-corrected chi connectivity index (χ3v) is 5.76. The zero-order valence-corrected chi connectivity index (χ0v) is 17.4. The molecule has 0 radical (unpaired) electrons. The first-order valence-electron chi connectivity index (χ1n) is 10.4. The van der Waals surface area contributed by atoms with Gasteiger partial charge in [0.1, 0.15) is 18.2 Å². The Morgan fingerprint density at radius 2 is 2.00 bits per heavy atom. The van der Waals surface area contributed by atoms with Crippen LogP contribution in [0.3, 0.4) is 0 Å². The molecule has 0 fully saturated rings. The van der Waals surface area contributed by atoms with E-state index < -0.39 is 0 Å². The number of aliphatic hydroxyl groups is 1. The number of benzene rings is 2. The van der Waals surface area contributed by atoms with Gasteiger partial charge in [0, 0.05) is 48.1 Å². The molecule has 1 amide bonds. The van der Waals surface area contributed by atoms with Crippen LogP contribution in [0.2, 0.25) is 0 Å². The van der Waals surface area contributed by atoms with Crippen LogP contribution in [0, 0.1) is 5.82 Å². The lowest BCUT2D eigenvalue weighted by Gasteiger charge is -2.26. The van der Waals surface area contributed by atoms with Crippen LogP contribution < -0.4 is 5.32 Å². The molecule has 30 heavy (non-hydrogen) atoms. The number of hydrogen-bond donors (Lipinski definition) is 2. The maximum absolute atomic E-state index is 13.8. The maximum atomic E-state index is 13.8. The van der Waals surface area contributed by atoms with Gasteiger partial charge in [0.25, 0.3) is 5.91 Å². The summed E-state index contributed by atoms with van der Waals surface area (Å²) >= 11 is 0. The largest absolute Gasteiger partial charge is 0.487 e.